The lowest BCUT2D eigenvalue weighted by atomic mass is 10.0. The van der Waals surface area contributed by atoms with E-state index in [1.54, 1.807) is 36.4 Å². The number of rotatable bonds is 12. The molecule has 2 aromatic rings. The molecule has 2 rings (SSSR count). The first kappa shape index (κ1) is 29.5. The highest BCUT2D eigenvalue weighted by molar-refractivity contribution is 6.30. The van der Waals surface area contributed by atoms with Gasteiger partial charge >= 0.3 is 11.9 Å². The van der Waals surface area contributed by atoms with E-state index in [9.17, 15) is 14.7 Å². The molecule has 0 saturated heterocycles. The number of ether oxygens (including phenoxy) is 3. The molecule has 186 valence electrons. The monoisotopic (exact) mass is 511 g/mol. The zero-order chi connectivity index (χ0) is 24.2. The van der Waals surface area contributed by atoms with Gasteiger partial charge in [-0.15, -0.1) is 12.4 Å². The Bertz CT molecular complexity index is 935. The van der Waals surface area contributed by atoms with Crippen molar-refractivity contribution in [1.82, 2.24) is 4.90 Å². The van der Waals surface area contributed by atoms with Crippen LogP contribution in [0.3, 0.4) is 0 Å². The van der Waals surface area contributed by atoms with Gasteiger partial charge in [-0.05, 0) is 48.7 Å². The minimum Gasteiger partial charge on any atom is -0.482 e. The Labute approximate surface area is 211 Å². The van der Waals surface area contributed by atoms with Crippen LogP contribution in [0.25, 0.3) is 0 Å². The predicted molar refractivity (Wildman–Crippen MR) is 134 cm³/mol. The molecule has 0 radical (unpaired) electrons. The first-order valence-corrected chi connectivity index (χ1v) is 10.9. The van der Waals surface area contributed by atoms with Crippen molar-refractivity contribution < 1.29 is 28.9 Å². The summed E-state index contributed by atoms with van der Waals surface area (Å²) in [5, 5.41) is 11.3. The van der Waals surface area contributed by atoms with Crippen LogP contribution in [0.15, 0.2) is 60.7 Å². The summed E-state index contributed by atoms with van der Waals surface area (Å²) in [5.41, 5.74) is 1.79. The maximum atomic E-state index is 11.4. The van der Waals surface area contributed by atoms with E-state index in [4.69, 9.17) is 16.3 Å². The summed E-state index contributed by atoms with van der Waals surface area (Å²) in [6.07, 6.45) is 3.05. The summed E-state index contributed by atoms with van der Waals surface area (Å²) in [4.78, 5) is 24.7. The normalized spacial score (nSPS) is 12.6. The second kappa shape index (κ2) is 15.3. The number of benzene rings is 2. The molecule has 0 aliphatic heterocycles. The third kappa shape index (κ3) is 10.1. The van der Waals surface area contributed by atoms with Crippen LogP contribution >= 0.6 is 24.0 Å². The third-order valence-corrected chi connectivity index (χ3v) is 5.33. The maximum Gasteiger partial charge on any atom is 0.343 e. The van der Waals surface area contributed by atoms with Crippen LogP contribution in [0, 0.1) is 0 Å². The lowest BCUT2D eigenvalue weighted by Crippen LogP contribution is -2.38. The van der Waals surface area contributed by atoms with Gasteiger partial charge in [0.1, 0.15) is 5.75 Å². The average Bonchev–Trinajstić information content (AvgIpc) is 2.82. The van der Waals surface area contributed by atoms with E-state index >= 15 is 0 Å². The van der Waals surface area contributed by atoms with Crippen molar-refractivity contribution in [2.24, 2.45) is 0 Å². The van der Waals surface area contributed by atoms with Crippen molar-refractivity contribution in [3.05, 3.63) is 76.8 Å². The molecule has 0 aliphatic carbocycles. The number of carbonyl (C=O) groups is 2. The van der Waals surface area contributed by atoms with E-state index in [2.05, 4.69) is 21.3 Å². The number of aliphatic hydroxyl groups is 1. The van der Waals surface area contributed by atoms with E-state index in [0.717, 1.165) is 11.1 Å². The van der Waals surface area contributed by atoms with Crippen LogP contribution in [-0.2, 0) is 25.5 Å². The summed E-state index contributed by atoms with van der Waals surface area (Å²) in [6, 6.07) is 14.6. The van der Waals surface area contributed by atoms with Gasteiger partial charge < -0.3 is 19.3 Å². The van der Waals surface area contributed by atoms with Crippen LogP contribution in [0.1, 0.15) is 24.2 Å². The van der Waals surface area contributed by atoms with Gasteiger partial charge in [0, 0.05) is 30.2 Å². The van der Waals surface area contributed by atoms with E-state index < -0.39 is 18.0 Å². The Balaban J connectivity index is 0.00000578. The Hall–Kier alpha value is -2.58. The van der Waals surface area contributed by atoms with Gasteiger partial charge in [-0.2, -0.15) is 0 Å². The summed E-state index contributed by atoms with van der Waals surface area (Å²) in [6.45, 7) is 2.72. The van der Waals surface area contributed by atoms with Gasteiger partial charge in [-0.25, -0.2) is 9.59 Å². The number of halogens is 2. The Morgan fingerprint density at radius 2 is 1.82 bits per heavy atom. The third-order valence-electron chi connectivity index (χ3n) is 5.10. The highest BCUT2D eigenvalue weighted by Gasteiger charge is 2.19. The molecular weight excluding hydrogens is 481 g/mol. The molecule has 0 saturated carbocycles. The molecule has 0 amide bonds. The van der Waals surface area contributed by atoms with Crippen molar-refractivity contribution in [3.63, 3.8) is 0 Å². The number of hydrogen-bond acceptors (Lipinski definition) is 7. The van der Waals surface area contributed by atoms with Crippen LogP contribution in [0.4, 0.5) is 0 Å². The average molecular weight is 512 g/mol. The quantitative estimate of drug-likeness (QED) is 0.340. The Kier molecular flexibility index (Phi) is 13.3. The van der Waals surface area contributed by atoms with Gasteiger partial charge in [0.15, 0.2) is 6.61 Å². The van der Waals surface area contributed by atoms with Crippen LogP contribution in [0.5, 0.6) is 5.75 Å². The number of aliphatic hydroxyl groups excluding tert-OH is 1. The number of nitrogens with zero attached hydrogens (tertiary/aromatic N) is 1. The highest BCUT2D eigenvalue weighted by atomic mass is 35.5. The summed E-state index contributed by atoms with van der Waals surface area (Å²) < 4.78 is 14.6. The molecule has 0 spiro atoms. The van der Waals surface area contributed by atoms with E-state index in [-0.39, 0.29) is 25.1 Å². The lowest BCUT2D eigenvalue weighted by Gasteiger charge is -2.30. The molecular formula is C25H31Cl2NO6. The molecule has 9 heteroatoms. The standard InChI is InChI=1S/C25H30ClNO6.ClH/c1-18(14-19-9-11-22(12-10-19)33-17-25(30)32-3)27(13-5-8-24(29)31-2)16-23(28)20-6-4-7-21(26)15-20;/h4-12,15,18,23,28H,13-14,16-17H2,1-3H3;1H/b8-5-;. The first-order valence-electron chi connectivity index (χ1n) is 10.5. The zero-order valence-corrected chi connectivity index (χ0v) is 21.1. The lowest BCUT2D eigenvalue weighted by molar-refractivity contribution is -0.143. The summed E-state index contributed by atoms with van der Waals surface area (Å²) in [5.74, 6) is -0.298. The minimum absolute atomic E-state index is 0. The summed E-state index contributed by atoms with van der Waals surface area (Å²) in [7, 11) is 2.64. The van der Waals surface area contributed by atoms with Crippen LogP contribution in [0.2, 0.25) is 5.02 Å². The second-order valence-corrected chi connectivity index (χ2v) is 7.95. The molecule has 2 atom stereocenters. The molecule has 0 fully saturated rings. The molecule has 7 nitrogen and oxygen atoms in total. The van der Waals surface area contributed by atoms with Gasteiger partial charge in [-0.3, -0.25) is 4.90 Å². The number of carbonyl (C=O) groups excluding carboxylic acids is 2. The fourth-order valence-corrected chi connectivity index (χ4v) is 3.42. The smallest absolute Gasteiger partial charge is 0.343 e. The van der Waals surface area contributed by atoms with Crippen molar-refractivity contribution in [1.29, 1.82) is 0 Å². The molecule has 34 heavy (non-hydrogen) atoms. The number of methoxy groups -OCH3 is 2. The molecule has 0 heterocycles. The van der Waals surface area contributed by atoms with Gasteiger partial charge in [-0.1, -0.05) is 41.9 Å². The van der Waals surface area contributed by atoms with Crippen LogP contribution < -0.4 is 4.74 Å². The second-order valence-electron chi connectivity index (χ2n) is 7.51. The largest absolute Gasteiger partial charge is 0.482 e. The van der Waals surface area contributed by atoms with Crippen molar-refractivity contribution >= 4 is 35.9 Å². The van der Waals surface area contributed by atoms with E-state index in [0.29, 0.717) is 30.3 Å². The van der Waals surface area contributed by atoms with Crippen molar-refractivity contribution in [3.8, 4) is 5.75 Å². The van der Waals surface area contributed by atoms with Crippen molar-refractivity contribution in [2.45, 2.75) is 25.5 Å². The fraction of sp³-hybridized carbons (Fsp3) is 0.360. The van der Waals surface area contributed by atoms with Gasteiger partial charge in [0.2, 0.25) is 0 Å². The number of esters is 2. The Morgan fingerprint density at radius 1 is 1.12 bits per heavy atom. The molecule has 2 unspecified atom stereocenters. The topological polar surface area (TPSA) is 85.3 Å². The highest BCUT2D eigenvalue weighted by Crippen LogP contribution is 2.21. The zero-order valence-electron chi connectivity index (χ0n) is 19.5. The SMILES string of the molecule is COC(=O)/C=C\CN(CC(O)c1cccc(Cl)c1)C(C)Cc1ccc(OCC(=O)OC)cc1.Cl. The molecule has 0 aromatic heterocycles. The van der Waals surface area contributed by atoms with Crippen molar-refractivity contribution in [2.75, 3.05) is 33.9 Å². The molecule has 1 N–H and O–H groups in total. The van der Waals surface area contributed by atoms with E-state index in [1.165, 1.54) is 20.3 Å². The minimum atomic E-state index is -0.744. The molecule has 0 bridgehead atoms. The fourth-order valence-electron chi connectivity index (χ4n) is 3.22. The summed E-state index contributed by atoms with van der Waals surface area (Å²) >= 11 is 6.07. The maximum absolute atomic E-state index is 11.4. The van der Waals surface area contributed by atoms with E-state index in [1.807, 2.05) is 18.2 Å². The predicted octanol–water partition coefficient (Wildman–Crippen LogP) is 4.01. The molecule has 2 aromatic carbocycles. The number of hydrogen-bond donors (Lipinski definition) is 1. The van der Waals surface area contributed by atoms with Crippen LogP contribution in [-0.4, -0.2) is 61.9 Å². The Morgan fingerprint density at radius 3 is 2.44 bits per heavy atom. The first-order chi connectivity index (χ1) is 15.8. The molecule has 0 aliphatic rings. The van der Waals surface area contributed by atoms with Gasteiger partial charge in [0.05, 0.1) is 20.3 Å². The van der Waals surface area contributed by atoms with Gasteiger partial charge in [0.25, 0.3) is 0 Å².